The van der Waals surface area contributed by atoms with Gasteiger partial charge in [-0.15, -0.1) is 0 Å². The molecule has 0 atom stereocenters. The third-order valence-electron chi connectivity index (χ3n) is 4.07. The summed E-state index contributed by atoms with van der Waals surface area (Å²) in [7, 11) is 0. The number of rotatable bonds is 6. The zero-order chi connectivity index (χ0) is 13.7. The molecule has 0 radical (unpaired) electrons. The fourth-order valence-electron chi connectivity index (χ4n) is 3.04. The van der Waals surface area contributed by atoms with E-state index in [4.69, 9.17) is 0 Å². The van der Waals surface area contributed by atoms with Crippen LogP contribution in [0.5, 0.6) is 0 Å². The Labute approximate surface area is 117 Å². The van der Waals surface area contributed by atoms with Crippen LogP contribution >= 0.6 is 0 Å². The molecule has 19 heavy (non-hydrogen) atoms. The van der Waals surface area contributed by atoms with Gasteiger partial charge >= 0.3 is 0 Å². The average Bonchev–Trinajstić information content (AvgIpc) is 2.94. The summed E-state index contributed by atoms with van der Waals surface area (Å²) in [4.78, 5) is 6.76. The van der Waals surface area contributed by atoms with Crippen molar-refractivity contribution in [2.75, 3.05) is 18.0 Å². The Bertz CT molecular complexity index is 433. The molecular formula is C17H26N2. The summed E-state index contributed by atoms with van der Waals surface area (Å²) in [5, 5.41) is 0. The predicted molar refractivity (Wildman–Crippen MR) is 84.5 cm³/mol. The highest BCUT2D eigenvalue weighted by Gasteiger charge is 2.20. The maximum atomic E-state index is 4.40. The first-order valence-corrected chi connectivity index (χ1v) is 7.70. The number of nitrogens with zero attached hydrogens (tertiary/aromatic N) is 2. The van der Waals surface area contributed by atoms with Gasteiger partial charge in [0.2, 0.25) is 0 Å². The molecule has 1 aliphatic rings. The van der Waals surface area contributed by atoms with E-state index in [1.54, 1.807) is 0 Å². The van der Waals surface area contributed by atoms with Crippen LogP contribution in [0.15, 0.2) is 23.2 Å². The maximum Gasteiger partial charge on any atom is 0.0895 e. The quantitative estimate of drug-likeness (QED) is 0.739. The summed E-state index contributed by atoms with van der Waals surface area (Å²) in [6, 6.07) is 6.84. The van der Waals surface area contributed by atoms with E-state index in [9.17, 15) is 0 Å². The van der Waals surface area contributed by atoms with Crippen molar-refractivity contribution in [3.05, 3.63) is 29.3 Å². The lowest BCUT2D eigenvalue weighted by Gasteiger charge is -2.26. The van der Waals surface area contributed by atoms with Gasteiger partial charge in [-0.1, -0.05) is 45.4 Å². The molecule has 0 aromatic heterocycles. The van der Waals surface area contributed by atoms with E-state index in [1.165, 1.54) is 36.1 Å². The highest BCUT2D eigenvalue weighted by Crippen LogP contribution is 2.35. The number of hydrogen-bond acceptors (Lipinski definition) is 2. The molecule has 0 N–H and O–H groups in total. The van der Waals surface area contributed by atoms with Gasteiger partial charge in [0.25, 0.3) is 0 Å². The molecule has 1 heterocycles. The van der Waals surface area contributed by atoms with Crippen molar-refractivity contribution >= 4 is 12.0 Å². The normalized spacial score (nSPS) is 14.6. The Morgan fingerprint density at radius 1 is 1.21 bits per heavy atom. The van der Waals surface area contributed by atoms with Gasteiger partial charge in [0.05, 0.1) is 12.9 Å². The Hall–Kier alpha value is -1.31. The molecule has 0 saturated carbocycles. The topological polar surface area (TPSA) is 15.6 Å². The van der Waals surface area contributed by atoms with Crippen LogP contribution in [-0.4, -0.2) is 19.4 Å². The molecule has 1 aromatic rings. The lowest BCUT2D eigenvalue weighted by molar-refractivity contribution is 0.640. The van der Waals surface area contributed by atoms with Gasteiger partial charge in [0.15, 0.2) is 0 Å². The summed E-state index contributed by atoms with van der Waals surface area (Å²) in [5.41, 5.74) is 4.45. The SMILES string of the molecule is CCCc1cccc(C(CC)CC)c1N1C=NCC1. The molecule has 0 aliphatic carbocycles. The van der Waals surface area contributed by atoms with Crippen molar-refractivity contribution in [3.8, 4) is 0 Å². The van der Waals surface area contributed by atoms with E-state index in [2.05, 4.69) is 48.9 Å². The molecular weight excluding hydrogens is 232 g/mol. The maximum absolute atomic E-state index is 4.40. The van der Waals surface area contributed by atoms with Crippen LogP contribution in [0.25, 0.3) is 0 Å². The predicted octanol–water partition coefficient (Wildman–Crippen LogP) is 4.39. The first kappa shape index (κ1) is 14.1. The lowest BCUT2D eigenvalue weighted by Crippen LogP contribution is -2.22. The number of hydrogen-bond donors (Lipinski definition) is 0. The van der Waals surface area contributed by atoms with Crippen LogP contribution in [0.3, 0.4) is 0 Å². The fourth-order valence-corrected chi connectivity index (χ4v) is 3.04. The standard InChI is InChI=1S/C17H26N2/c1-4-8-15-9-7-10-16(14(5-2)6-3)17(15)19-12-11-18-13-19/h7,9-10,13-14H,4-6,8,11-12H2,1-3H3. The Kier molecular flexibility index (Phi) is 5.00. The largest absolute Gasteiger partial charge is 0.330 e. The van der Waals surface area contributed by atoms with Crippen molar-refractivity contribution in [2.24, 2.45) is 4.99 Å². The van der Waals surface area contributed by atoms with E-state index in [0.29, 0.717) is 5.92 Å². The highest BCUT2D eigenvalue weighted by atomic mass is 15.2. The Morgan fingerprint density at radius 3 is 2.58 bits per heavy atom. The van der Waals surface area contributed by atoms with Gasteiger partial charge < -0.3 is 4.90 Å². The minimum atomic E-state index is 0.667. The molecule has 2 nitrogen and oxygen atoms in total. The molecule has 0 amide bonds. The first-order chi connectivity index (χ1) is 9.31. The van der Waals surface area contributed by atoms with Gasteiger partial charge in [0.1, 0.15) is 0 Å². The van der Waals surface area contributed by atoms with E-state index in [1.807, 2.05) is 6.34 Å². The van der Waals surface area contributed by atoms with E-state index >= 15 is 0 Å². The first-order valence-electron chi connectivity index (χ1n) is 7.70. The second kappa shape index (κ2) is 6.74. The van der Waals surface area contributed by atoms with Crippen LogP contribution in [0.1, 0.15) is 57.1 Å². The number of para-hydroxylation sites is 1. The number of benzene rings is 1. The second-order valence-electron chi connectivity index (χ2n) is 5.33. The van der Waals surface area contributed by atoms with Gasteiger partial charge in [-0.25, -0.2) is 0 Å². The van der Waals surface area contributed by atoms with Crippen molar-refractivity contribution in [3.63, 3.8) is 0 Å². The molecule has 0 saturated heterocycles. The minimum absolute atomic E-state index is 0.667. The van der Waals surface area contributed by atoms with Crippen molar-refractivity contribution in [1.29, 1.82) is 0 Å². The van der Waals surface area contributed by atoms with Crippen LogP contribution in [0, 0.1) is 0 Å². The van der Waals surface area contributed by atoms with Crippen molar-refractivity contribution < 1.29 is 0 Å². The van der Waals surface area contributed by atoms with E-state index in [0.717, 1.165) is 19.5 Å². The highest BCUT2D eigenvalue weighted by molar-refractivity contribution is 5.84. The summed E-state index contributed by atoms with van der Waals surface area (Å²) in [5.74, 6) is 0.667. The van der Waals surface area contributed by atoms with Crippen LogP contribution in [0.2, 0.25) is 0 Å². The molecule has 1 aromatic carbocycles. The molecule has 1 aliphatic heterocycles. The van der Waals surface area contributed by atoms with Gasteiger partial charge in [-0.05, 0) is 36.3 Å². The Balaban J connectivity index is 2.45. The van der Waals surface area contributed by atoms with E-state index < -0.39 is 0 Å². The molecule has 0 fully saturated rings. The van der Waals surface area contributed by atoms with Crippen molar-refractivity contribution in [2.45, 2.75) is 52.4 Å². The molecule has 104 valence electrons. The van der Waals surface area contributed by atoms with Gasteiger partial charge in [-0.3, -0.25) is 4.99 Å². The summed E-state index contributed by atoms with van der Waals surface area (Å²) in [6.07, 6.45) is 6.81. The molecule has 2 heteroatoms. The lowest BCUT2D eigenvalue weighted by atomic mass is 9.89. The minimum Gasteiger partial charge on any atom is -0.330 e. The number of aryl methyl sites for hydroxylation is 1. The third-order valence-corrected chi connectivity index (χ3v) is 4.07. The summed E-state index contributed by atoms with van der Waals surface area (Å²) >= 11 is 0. The molecule has 0 spiro atoms. The third kappa shape index (κ3) is 2.99. The van der Waals surface area contributed by atoms with Crippen LogP contribution in [0.4, 0.5) is 5.69 Å². The second-order valence-corrected chi connectivity index (χ2v) is 5.33. The zero-order valence-corrected chi connectivity index (χ0v) is 12.5. The summed E-state index contributed by atoms with van der Waals surface area (Å²) in [6.45, 7) is 8.81. The molecule has 0 bridgehead atoms. The van der Waals surface area contributed by atoms with Crippen LogP contribution < -0.4 is 4.90 Å². The monoisotopic (exact) mass is 258 g/mol. The molecule has 0 unspecified atom stereocenters. The molecule has 2 rings (SSSR count). The van der Waals surface area contributed by atoms with Crippen LogP contribution in [-0.2, 0) is 6.42 Å². The number of anilines is 1. The van der Waals surface area contributed by atoms with Crippen molar-refractivity contribution in [1.82, 2.24) is 0 Å². The summed E-state index contributed by atoms with van der Waals surface area (Å²) < 4.78 is 0. The Morgan fingerprint density at radius 2 is 2.00 bits per heavy atom. The van der Waals surface area contributed by atoms with E-state index in [-0.39, 0.29) is 0 Å². The van der Waals surface area contributed by atoms with Gasteiger partial charge in [0, 0.05) is 12.2 Å². The number of aliphatic imine (C=N–C) groups is 1. The zero-order valence-electron chi connectivity index (χ0n) is 12.5. The smallest absolute Gasteiger partial charge is 0.0895 e. The fraction of sp³-hybridized carbons (Fsp3) is 0.588. The van der Waals surface area contributed by atoms with Gasteiger partial charge in [-0.2, -0.15) is 0 Å². The average molecular weight is 258 g/mol.